The van der Waals surface area contributed by atoms with E-state index in [9.17, 15) is 13.2 Å². The largest absolute Gasteiger partial charge is 0.325 e. The highest BCUT2D eigenvalue weighted by Gasteiger charge is 2.25. The Balaban J connectivity index is 1.99. The molecule has 0 aromatic heterocycles. The molecule has 0 bridgehead atoms. The number of hydrogen-bond donors (Lipinski definition) is 2. The number of carbonyl (C=O) groups is 1. The van der Waals surface area contributed by atoms with E-state index in [2.05, 4.69) is 17.1 Å². The molecule has 1 aromatic rings. The van der Waals surface area contributed by atoms with Crippen LogP contribution in [-0.2, 0) is 14.8 Å². The van der Waals surface area contributed by atoms with Gasteiger partial charge in [0.1, 0.15) is 0 Å². The molecule has 0 unspecified atom stereocenters. The summed E-state index contributed by atoms with van der Waals surface area (Å²) in [5, 5.41) is 7.86. The first-order chi connectivity index (χ1) is 10.3. The van der Waals surface area contributed by atoms with Crippen molar-refractivity contribution in [3.05, 3.63) is 24.3 Å². The molecular formula is C15H23N3O3S. The van der Waals surface area contributed by atoms with Gasteiger partial charge in [0.15, 0.2) is 0 Å². The molecule has 0 radical (unpaired) electrons. The number of rotatable bonds is 4. The third-order valence-corrected chi connectivity index (χ3v) is 5.00. The molecule has 2 rings (SSSR count). The lowest BCUT2D eigenvalue weighted by molar-refractivity contribution is -0.121. The Morgan fingerprint density at radius 1 is 1.36 bits per heavy atom. The van der Waals surface area contributed by atoms with Crippen molar-refractivity contribution in [1.29, 1.82) is 0 Å². The number of primary sulfonamides is 1. The van der Waals surface area contributed by atoms with Crippen LogP contribution in [0.5, 0.6) is 0 Å². The van der Waals surface area contributed by atoms with E-state index in [1.54, 1.807) is 12.1 Å². The molecule has 2 atom stereocenters. The molecule has 7 heteroatoms. The van der Waals surface area contributed by atoms with E-state index in [4.69, 9.17) is 5.14 Å². The highest BCUT2D eigenvalue weighted by molar-refractivity contribution is 7.89. The minimum absolute atomic E-state index is 0.0309. The molecular weight excluding hydrogens is 302 g/mol. The molecule has 1 fully saturated rings. The summed E-state index contributed by atoms with van der Waals surface area (Å²) in [6.07, 6.45) is 2.32. The predicted molar refractivity (Wildman–Crippen MR) is 85.9 cm³/mol. The van der Waals surface area contributed by atoms with Gasteiger partial charge in [-0.05, 0) is 56.5 Å². The number of carbonyl (C=O) groups excluding carboxylic acids is 1. The number of nitrogens with one attached hydrogen (secondary N) is 1. The zero-order chi connectivity index (χ0) is 16.3. The van der Waals surface area contributed by atoms with Crippen molar-refractivity contribution in [2.75, 3.05) is 18.4 Å². The van der Waals surface area contributed by atoms with Gasteiger partial charge in [-0.15, -0.1) is 0 Å². The molecule has 0 saturated carbocycles. The number of nitrogens with two attached hydrogens (primary N) is 1. The third-order valence-electron chi connectivity index (χ3n) is 4.07. The quantitative estimate of drug-likeness (QED) is 0.875. The van der Waals surface area contributed by atoms with Gasteiger partial charge >= 0.3 is 0 Å². The molecule has 3 N–H and O–H groups in total. The molecule has 0 aliphatic carbocycles. The number of anilines is 1. The first-order valence-corrected chi connectivity index (χ1v) is 9.00. The van der Waals surface area contributed by atoms with Gasteiger partial charge in [-0.1, -0.05) is 6.92 Å². The molecule has 1 aliphatic rings. The van der Waals surface area contributed by atoms with E-state index in [-0.39, 0.29) is 16.8 Å². The van der Waals surface area contributed by atoms with Crippen molar-refractivity contribution < 1.29 is 13.2 Å². The second-order valence-corrected chi connectivity index (χ2v) is 7.54. The first-order valence-electron chi connectivity index (χ1n) is 7.45. The summed E-state index contributed by atoms with van der Waals surface area (Å²) in [5.74, 6) is 0.524. The maximum absolute atomic E-state index is 12.3. The second-order valence-electron chi connectivity index (χ2n) is 5.98. The summed E-state index contributed by atoms with van der Waals surface area (Å²) in [6, 6.07) is 5.66. The molecule has 1 aromatic carbocycles. The van der Waals surface area contributed by atoms with Crippen LogP contribution in [0.2, 0.25) is 0 Å². The lowest BCUT2D eigenvalue weighted by Gasteiger charge is -2.34. The van der Waals surface area contributed by atoms with Gasteiger partial charge in [0.2, 0.25) is 15.9 Å². The van der Waals surface area contributed by atoms with Crippen molar-refractivity contribution >= 4 is 21.6 Å². The summed E-state index contributed by atoms with van der Waals surface area (Å²) in [6.45, 7) is 5.96. The van der Waals surface area contributed by atoms with Crippen LogP contribution in [0.25, 0.3) is 0 Å². The lowest BCUT2D eigenvalue weighted by atomic mass is 9.99. The SMILES string of the molecule is C[C@@H]1CCCN([C@@H](C)C(=O)Nc2ccc(S(N)(=O)=O)cc2)C1. The summed E-state index contributed by atoms with van der Waals surface area (Å²) in [4.78, 5) is 14.5. The van der Waals surface area contributed by atoms with Crippen LogP contribution in [0.4, 0.5) is 5.69 Å². The Kier molecular flexibility index (Phi) is 5.20. The van der Waals surface area contributed by atoms with Gasteiger partial charge in [-0.25, -0.2) is 13.6 Å². The Bertz CT molecular complexity index is 628. The highest BCUT2D eigenvalue weighted by atomic mass is 32.2. The minimum Gasteiger partial charge on any atom is -0.325 e. The van der Waals surface area contributed by atoms with E-state index in [1.165, 1.54) is 18.6 Å². The maximum atomic E-state index is 12.3. The molecule has 0 spiro atoms. The van der Waals surface area contributed by atoms with Crippen molar-refractivity contribution in [3.8, 4) is 0 Å². The maximum Gasteiger partial charge on any atom is 0.241 e. The Hall–Kier alpha value is -1.44. The average molecular weight is 325 g/mol. The normalized spacial score (nSPS) is 21.3. The fourth-order valence-electron chi connectivity index (χ4n) is 2.72. The Morgan fingerprint density at radius 2 is 2.00 bits per heavy atom. The summed E-state index contributed by atoms with van der Waals surface area (Å²) in [5.41, 5.74) is 0.564. The van der Waals surface area contributed by atoms with E-state index in [1.807, 2.05) is 6.92 Å². The third kappa shape index (κ3) is 4.28. The molecule has 122 valence electrons. The van der Waals surface area contributed by atoms with E-state index < -0.39 is 10.0 Å². The number of nitrogens with zero attached hydrogens (tertiary/aromatic N) is 1. The van der Waals surface area contributed by atoms with Crippen LogP contribution in [0, 0.1) is 5.92 Å². The van der Waals surface area contributed by atoms with Crippen LogP contribution >= 0.6 is 0 Å². The van der Waals surface area contributed by atoms with Crippen LogP contribution in [-0.4, -0.2) is 38.4 Å². The lowest BCUT2D eigenvalue weighted by Crippen LogP contribution is -2.46. The number of sulfonamides is 1. The zero-order valence-corrected chi connectivity index (χ0v) is 13.8. The van der Waals surface area contributed by atoms with Gasteiger partial charge in [0, 0.05) is 12.2 Å². The summed E-state index contributed by atoms with van der Waals surface area (Å²) < 4.78 is 22.4. The second kappa shape index (κ2) is 6.76. The number of hydrogen-bond acceptors (Lipinski definition) is 4. The molecule has 1 aliphatic heterocycles. The fraction of sp³-hybridized carbons (Fsp3) is 0.533. The monoisotopic (exact) mass is 325 g/mol. The van der Waals surface area contributed by atoms with Crippen molar-refractivity contribution in [2.24, 2.45) is 11.1 Å². The fourth-order valence-corrected chi connectivity index (χ4v) is 3.23. The van der Waals surface area contributed by atoms with E-state index in [0.717, 1.165) is 19.5 Å². The first kappa shape index (κ1) is 16.9. The van der Waals surface area contributed by atoms with Gasteiger partial charge in [-0.3, -0.25) is 9.69 Å². The molecule has 22 heavy (non-hydrogen) atoms. The smallest absolute Gasteiger partial charge is 0.241 e. The van der Waals surface area contributed by atoms with Crippen LogP contribution in [0.15, 0.2) is 29.2 Å². The van der Waals surface area contributed by atoms with Gasteiger partial charge in [0.25, 0.3) is 0 Å². The van der Waals surface area contributed by atoms with Crippen LogP contribution < -0.4 is 10.5 Å². The van der Waals surface area contributed by atoms with Crippen LogP contribution in [0.3, 0.4) is 0 Å². The number of amides is 1. The van der Waals surface area contributed by atoms with Gasteiger partial charge < -0.3 is 5.32 Å². The predicted octanol–water partition coefficient (Wildman–Crippen LogP) is 1.39. The van der Waals surface area contributed by atoms with Gasteiger partial charge in [-0.2, -0.15) is 0 Å². The average Bonchev–Trinajstić information content (AvgIpc) is 2.46. The van der Waals surface area contributed by atoms with Gasteiger partial charge in [0.05, 0.1) is 10.9 Å². The zero-order valence-electron chi connectivity index (χ0n) is 13.0. The van der Waals surface area contributed by atoms with Crippen molar-refractivity contribution in [3.63, 3.8) is 0 Å². The van der Waals surface area contributed by atoms with E-state index >= 15 is 0 Å². The molecule has 1 amide bonds. The molecule has 1 heterocycles. The molecule has 1 saturated heterocycles. The summed E-state index contributed by atoms with van der Waals surface area (Å²) >= 11 is 0. The highest BCUT2D eigenvalue weighted by Crippen LogP contribution is 2.19. The topological polar surface area (TPSA) is 92.5 Å². The Labute approximate surface area is 131 Å². The standard InChI is InChI=1S/C15H23N3O3S/c1-11-4-3-9-18(10-11)12(2)15(19)17-13-5-7-14(8-6-13)22(16,20)21/h5-8,11-12H,3-4,9-10H2,1-2H3,(H,17,19)(H2,16,20,21)/t11-,12+/m1/s1. The number of benzene rings is 1. The Morgan fingerprint density at radius 3 is 2.55 bits per heavy atom. The minimum atomic E-state index is -3.71. The van der Waals surface area contributed by atoms with E-state index in [0.29, 0.717) is 11.6 Å². The summed E-state index contributed by atoms with van der Waals surface area (Å²) in [7, 11) is -3.71. The van der Waals surface area contributed by atoms with Crippen molar-refractivity contribution in [2.45, 2.75) is 37.6 Å². The van der Waals surface area contributed by atoms with Crippen molar-refractivity contribution in [1.82, 2.24) is 4.90 Å². The molecule has 6 nitrogen and oxygen atoms in total. The number of likely N-dealkylation sites (tertiary alicyclic amines) is 1. The number of piperidine rings is 1. The van der Waals surface area contributed by atoms with Crippen LogP contribution in [0.1, 0.15) is 26.7 Å².